The van der Waals surface area contributed by atoms with Crippen molar-refractivity contribution in [2.45, 2.75) is 39.5 Å². The van der Waals surface area contributed by atoms with Crippen molar-refractivity contribution in [3.63, 3.8) is 0 Å². The third kappa shape index (κ3) is 5.10. The molecule has 148 valence electrons. The minimum atomic E-state index is -0.238. The second-order valence-electron chi connectivity index (χ2n) is 8.32. The van der Waals surface area contributed by atoms with Gasteiger partial charge in [-0.05, 0) is 61.9 Å². The molecule has 1 aromatic rings. The molecule has 5 heteroatoms. The fraction of sp³-hybridized carbons (Fsp3) is 0.636. The van der Waals surface area contributed by atoms with E-state index < -0.39 is 0 Å². The number of nitrogens with zero attached hydrogens (tertiary/aromatic N) is 2. The van der Waals surface area contributed by atoms with Crippen molar-refractivity contribution in [3.05, 3.63) is 29.8 Å². The van der Waals surface area contributed by atoms with Crippen LogP contribution in [0.4, 0.5) is 5.69 Å². The summed E-state index contributed by atoms with van der Waals surface area (Å²) in [5, 5.41) is 2.95. The lowest BCUT2D eigenvalue weighted by Crippen LogP contribution is -2.39. The van der Waals surface area contributed by atoms with Crippen LogP contribution in [0.15, 0.2) is 24.3 Å². The van der Waals surface area contributed by atoms with E-state index in [0.29, 0.717) is 13.0 Å². The summed E-state index contributed by atoms with van der Waals surface area (Å²) in [5.74, 6) is 1.33. The third-order valence-electron chi connectivity index (χ3n) is 6.35. The van der Waals surface area contributed by atoms with Crippen LogP contribution in [0.3, 0.4) is 0 Å². The van der Waals surface area contributed by atoms with Crippen molar-refractivity contribution in [1.29, 1.82) is 0 Å². The van der Waals surface area contributed by atoms with Gasteiger partial charge < -0.3 is 15.1 Å². The quantitative estimate of drug-likeness (QED) is 0.836. The summed E-state index contributed by atoms with van der Waals surface area (Å²) >= 11 is 0. The number of likely N-dealkylation sites (tertiary alicyclic amines) is 2. The van der Waals surface area contributed by atoms with Crippen LogP contribution in [0.2, 0.25) is 0 Å². The number of benzene rings is 1. The Morgan fingerprint density at radius 2 is 1.96 bits per heavy atom. The highest BCUT2D eigenvalue weighted by atomic mass is 16.2. The first-order valence-corrected chi connectivity index (χ1v) is 10.3. The first-order chi connectivity index (χ1) is 13.0. The van der Waals surface area contributed by atoms with E-state index >= 15 is 0 Å². The molecule has 0 spiro atoms. The van der Waals surface area contributed by atoms with Crippen LogP contribution >= 0.6 is 0 Å². The summed E-state index contributed by atoms with van der Waals surface area (Å²) in [5.41, 5.74) is 2.14. The minimum absolute atomic E-state index is 0.0458. The number of aryl methyl sites for hydroxylation is 1. The molecule has 0 bridgehead atoms. The fourth-order valence-corrected chi connectivity index (χ4v) is 4.39. The number of carbonyl (C=O) groups excluding carboxylic acids is 2. The Morgan fingerprint density at radius 3 is 2.56 bits per heavy atom. The minimum Gasteiger partial charge on any atom is -0.345 e. The Labute approximate surface area is 163 Å². The maximum Gasteiger partial charge on any atom is 0.229 e. The van der Waals surface area contributed by atoms with E-state index in [1.165, 1.54) is 31.5 Å². The van der Waals surface area contributed by atoms with Crippen molar-refractivity contribution >= 4 is 17.5 Å². The Morgan fingerprint density at radius 1 is 1.22 bits per heavy atom. The van der Waals surface area contributed by atoms with E-state index in [-0.39, 0.29) is 17.7 Å². The molecule has 2 heterocycles. The molecule has 2 aliphatic rings. The molecular formula is C22H33N3O2. The molecule has 0 saturated carbocycles. The lowest BCUT2D eigenvalue weighted by atomic mass is 9.83. The van der Waals surface area contributed by atoms with E-state index in [9.17, 15) is 9.59 Å². The molecule has 5 nitrogen and oxygen atoms in total. The van der Waals surface area contributed by atoms with E-state index in [2.05, 4.69) is 36.2 Å². The van der Waals surface area contributed by atoms with Gasteiger partial charge in [-0.2, -0.15) is 0 Å². The van der Waals surface area contributed by atoms with Crippen LogP contribution in [0, 0.1) is 17.8 Å². The Bertz CT molecular complexity index is 658. The molecule has 0 aliphatic carbocycles. The molecule has 0 radical (unpaired) electrons. The van der Waals surface area contributed by atoms with Crippen LogP contribution in [-0.2, 0) is 16.0 Å². The van der Waals surface area contributed by atoms with Crippen LogP contribution in [-0.4, -0.2) is 54.8 Å². The smallest absolute Gasteiger partial charge is 0.229 e. The van der Waals surface area contributed by atoms with Crippen LogP contribution in [0.1, 0.15) is 38.7 Å². The highest BCUT2D eigenvalue weighted by Gasteiger charge is 2.32. The summed E-state index contributed by atoms with van der Waals surface area (Å²) in [6.07, 6.45) is 3.95. The molecule has 2 saturated heterocycles. The van der Waals surface area contributed by atoms with Crippen molar-refractivity contribution in [2.75, 3.05) is 38.5 Å². The first-order valence-electron chi connectivity index (χ1n) is 10.3. The van der Waals surface area contributed by atoms with Crippen LogP contribution < -0.4 is 5.32 Å². The van der Waals surface area contributed by atoms with E-state index in [1.807, 2.05) is 12.1 Å². The van der Waals surface area contributed by atoms with Gasteiger partial charge in [-0.25, -0.2) is 0 Å². The number of carbonyl (C=O) groups is 2. The number of hydrogen-bond acceptors (Lipinski definition) is 3. The predicted octanol–water partition coefficient (Wildman–Crippen LogP) is 3.01. The second kappa shape index (κ2) is 8.87. The maximum atomic E-state index is 12.3. The van der Waals surface area contributed by atoms with Gasteiger partial charge in [0.2, 0.25) is 11.8 Å². The lowest BCUT2D eigenvalue weighted by Gasteiger charge is -2.36. The number of anilines is 1. The zero-order chi connectivity index (χ0) is 19.4. The largest absolute Gasteiger partial charge is 0.345 e. The highest BCUT2D eigenvalue weighted by molar-refractivity contribution is 5.97. The molecule has 27 heavy (non-hydrogen) atoms. The van der Waals surface area contributed by atoms with Gasteiger partial charge in [0.1, 0.15) is 0 Å². The molecule has 0 aromatic heterocycles. The summed E-state index contributed by atoms with van der Waals surface area (Å²) in [6, 6.07) is 8.20. The first kappa shape index (κ1) is 19.9. The van der Waals surface area contributed by atoms with Gasteiger partial charge in [-0.3, -0.25) is 9.59 Å². The summed E-state index contributed by atoms with van der Waals surface area (Å²) < 4.78 is 0. The number of amides is 2. The SMILES string of the molecule is CCN1CC[C@H](CCc2ccc(NC(=O)[C@@H]3CC(=O)N(C)C3)cc2)[C@H](C)C1. The molecule has 3 rings (SSSR count). The van der Waals surface area contributed by atoms with Crippen molar-refractivity contribution in [1.82, 2.24) is 9.80 Å². The number of nitrogens with one attached hydrogen (secondary N) is 1. The Kier molecular flexibility index (Phi) is 6.53. The Balaban J connectivity index is 1.46. The third-order valence-corrected chi connectivity index (χ3v) is 6.35. The van der Waals surface area contributed by atoms with E-state index in [1.54, 1.807) is 11.9 Å². The summed E-state index contributed by atoms with van der Waals surface area (Å²) in [6.45, 7) is 8.76. The standard InChI is InChI=1S/C22H33N3O2/c1-4-25-12-11-18(16(2)14-25)8-5-17-6-9-20(10-7-17)23-22(27)19-13-21(26)24(3)15-19/h6-7,9-10,16,18-19H,4-5,8,11-15H2,1-3H3,(H,23,27)/t16-,18+,19-/m1/s1. The topological polar surface area (TPSA) is 52.7 Å². The van der Waals surface area contributed by atoms with Gasteiger partial charge in [0.25, 0.3) is 0 Å². The van der Waals surface area contributed by atoms with Gasteiger partial charge >= 0.3 is 0 Å². The molecule has 1 N–H and O–H groups in total. The van der Waals surface area contributed by atoms with Crippen LogP contribution in [0.5, 0.6) is 0 Å². The second-order valence-corrected chi connectivity index (χ2v) is 8.32. The number of hydrogen-bond donors (Lipinski definition) is 1. The molecular weight excluding hydrogens is 338 g/mol. The number of rotatable bonds is 6. The molecule has 2 fully saturated rings. The molecule has 3 atom stereocenters. The van der Waals surface area contributed by atoms with Gasteiger partial charge in [0, 0.05) is 32.2 Å². The lowest BCUT2D eigenvalue weighted by molar-refractivity contribution is -0.127. The molecule has 1 aromatic carbocycles. The predicted molar refractivity (Wildman–Crippen MR) is 109 cm³/mol. The zero-order valence-corrected chi connectivity index (χ0v) is 16.9. The highest BCUT2D eigenvalue weighted by Crippen LogP contribution is 2.27. The Hall–Kier alpha value is -1.88. The summed E-state index contributed by atoms with van der Waals surface area (Å²) in [4.78, 5) is 28.1. The van der Waals surface area contributed by atoms with E-state index in [4.69, 9.17) is 0 Å². The van der Waals surface area contributed by atoms with Gasteiger partial charge in [0.15, 0.2) is 0 Å². The average Bonchev–Trinajstić information content (AvgIpc) is 3.01. The van der Waals surface area contributed by atoms with Crippen molar-refractivity contribution < 1.29 is 9.59 Å². The molecule has 2 amide bonds. The summed E-state index contributed by atoms with van der Waals surface area (Å²) in [7, 11) is 1.75. The molecule has 0 unspecified atom stereocenters. The van der Waals surface area contributed by atoms with Crippen LogP contribution in [0.25, 0.3) is 0 Å². The van der Waals surface area contributed by atoms with Gasteiger partial charge in [-0.15, -0.1) is 0 Å². The van der Waals surface area contributed by atoms with Gasteiger partial charge in [-0.1, -0.05) is 26.0 Å². The van der Waals surface area contributed by atoms with Gasteiger partial charge in [0.05, 0.1) is 5.92 Å². The molecule has 2 aliphatic heterocycles. The average molecular weight is 372 g/mol. The monoisotopic (exact) mass is 371 g/mol. The zero-order valence-electron chi connectivity index (χ0n) is 16.9. The maximum absolute atomic E-state index is 12.3. The van der Waals surface area contributed by atoms with Crippen molar-refractivity contribution in [3.8, 4) is 0 Å². The number of piperidine rings is 1. The van der Waals surface area contributed by atoms with E-state index in [0.717, 1.165) is 30.5 Å². The van der Waals surface area contributed by atoms with Crippen molar-refractivity contribution in [2.24, 2.45) is 17.8 Å². The normalized spacial score (nSPS) is 26.4. The fourth-order valence-electron chi connectivity index (χ4n) is 4.39.